The van der Waals surface area contributed by atoms with Gasteiger partial charge < -0.3 is 5.32 Å². The summed E-state index contributed by atoms with van der Waals surface area (Å²) in [4.78, 5) is 17.1. The molecule has 0 atom stereocenters. The molecule has 7 heteroatoms. The number of pyridine rings is 1. The Hall–Kier alpha value is -2.70. The average molecular weight is 326 g/mol. The lowest BCUT2D eigenvalue weighted by atomic mass is 10.1. The number of nitrogens with zero attached hydrogens (tertiary/aromatic N) is 5. The van der Waals surface area contributed by atoms with E-state index in [1.807, 2.05) is 51.0 Å². The number of aromatic nitrogens is 5. The molecule has 0 fully saturated rings. The summed E-state index contributed by atoms with van der Waals surface area (Å²) in [5, 5.41) is 12.4. The monoisotopic (exact) mass is 326 g/mol. The zero-order valence-electron chi connectivity index (χ0n) is 14.5. The van der Waals surface area contributed by atoms with E-state index in [9.17, 15) is 4.79 Å². The zero-order valence-corrected chi connectivity index (χ0v) is 14.5. The summed E-state index contributed by atoms with van der Waals surface area (Å²) >= 11 is 0. The van der Waals surface area contributed by atoms with Crippen molar-refractivity contribution in [1.29, 1.82) is 0 Å². The van der Waals surface area contributed by atoms with Crippen LogP contribution in [-0.4, -0.2) is 37.0 Å². The van der Waals surface area contributed by atoms with E-state index in [1.54, 1.807) is 4.68 Å². The van der Waals surface area contributed by atoms with Crippen LogP contribution in [0.5, 0.6) is 0 Å². The second kappa shape index (κ2) is 6.43. The molecule has 0 aliphatic carbocycles. The maximum absolute atomic E-state index is 12.6. The normalized spacial score (nSPS) is 11.2. The number of aryl methyl sites for hydroxylation is 5. The number of hydrogen-bond acceptors (Lipinski definition) is 4. The minimum Gasteiger partial charge on any atom is -0.352 e. The van der Waals surface area contributed by atoms with E-state index in [1.165, 1.54) is 0 Å². The first kappa shape index (κ1) is 16.2. The predicted octanol–water partition coefficient (Wildman–Crippen LogP) is 1.91. The van der Waals surface area contributed by atoms with E-state index in [-0.39, 0.29) is 5.91 Å². The van der Waals surface area contributed by atoms with Gasteiger partial charge in [0.25, 0.3) is 5.91 Å². The Labute approximate surface area is 140 Å². The zero-order chi connectivity index (χ0) is 17.3. The van der Waals surface area contributed by atoms with Crippen molar-refractivity contribution in [2.75, 3.05) is 6.54 Å². The summed E-state index contributed by atoms with van der Waals surface area (Å²) in [7, 11) is 1.84. The van der Waals surface area contributed by atoms with Crippen LogP contribution in [0.4, 0.5) is 0 Å². The first-order chi connectivity index (χ1) is 11.5. The molecular weight excluding hydrogens is 304 g/mol. The second-order valence-electron chi connectivity index (χ2n) is 6.11. The van der Waals surface area contributed by atoms with E-state index in [4.69, 9.17) is 0 Å². The molecule has 3 aromatic heterocycles. The van der Waals surface area contributed by atoms with Gasteiger partial charge in [0.1, 0.15) is 0 Å². The van der Waals surface area contributed by atoms with E-state index >= 15 is 0 Å². The molecule has 0 radical (unpaired) electrons. The summed E-state index contributed by atoms with van der Waals surface area (Å²) in [5.74, 6) is -0.0850. The van der Waals surface area contributed by atoms with Crippen molar-refractivity contribution in [2.45, 2.75) is 33.7 Å². The van der Waals surface area contributed by atoms with E-state index in [0.29, 0.717) is 12.1 Å². The van der Waals surface area contributed by atoms with Gasteiger partial charge >= 0.3 is 0 Å². The molecule has 7 nitrogen and oxygen atoms in total. The second-order valence-corrected chi connectivity index (χ2v) is 6.11. The molecule has 0 saturated heterocycles. The average Bonchev–Trinajstić information content (AvgIpc) is 3.06. The molecule has 3 aromatic rings. The highest BCUT2D eigenvalue weighted by atomic mass is 16.1. The lowest BCUT2D eigenvalue weighted by Gasteiger charge is -2.08. The number of carbonyl (C=O) groups is 1. The molecule has 0 aliphatic heterocycles. The number of fused-ring (bicyclic) bond motifs is 1. The predicted molar refractivity (Wildman–Crippen MR) is 91.9 cm³/mol. The molecule has 0 unspecified atom stereocenters. The molecule has 0 bridgehead atoms. The van der Waals surface area contributed by atoms with Crippen molar-refractivity contribution in [3.63, 3.8) is 0 Å². The first-order valence-corrected chi connectivity index (χ1v) is 8.04. The van der Waals surface area contributed by atoms with Crippen LogP contribution >= 0.6 is 0 Å². The molecule has 24 heavy (non-hydrogen) atoms. The molecule has 3 rings (SSSR count). The minimum absolute atomic E-state index is 0.0850. The Balaban J connectivity index is 1.70. The quantitative estimate of drug-likeness (QED) is 0.727. The highest BCUT2D eigenvalue weighted by Crippen LogP contribution is 2.21. The molecule has 126 valence electrons. The van der Waals surface area contributed by atoms with Crippen molar-refractivity contribution in [3.05, 3.63) is 41.0 Å². The SMILES string of the molecule is Cc1cnn(CCCNC(=O)c2cc(C)nc3c2c(C)nn3C)c1. The Bertz CT molecular complexity index is 892. The van der Waals surface area contributed by atoms with Gasteiger partial charge in [0, 0.05) is 32.0 Å². The maximum atomic E-state index is 12.6. The molecule has 3 heterocycles. The Morgan fingerprint density at radius 2 is 2.08 bits per heavy atom. The summed E-state index contributed by atoms with van der Waals surface area (Å²) in [6, 6.07) is 1.82. The Morgan fingerprint density at radius 3 is 2.79 bits per heavy atom. The largest absolute Gasteiger partial charge is 0.352 e. The molecule has 0 spiro atoms. The van der Waals surface area contributed by atoms with Crippen LogP contribution in [-0.2, 0) is 13.6 Å². The fourth-order valence-electron chi connectivity index (χ4n) is 2.88. The van der Waals surface area contributed by atoms with E-state index in [0.717, 1.165) is 41.0 Å². The van der Waals surface area contributed by atoms with Gasteiger partial charge in [0.2, 0.25) is 0 Å². The van der Waals surface area contributed by atoms with Crippen LogP contribution < -0.4 is 5.32 Å². The van der Waals surface area contributed by atoms with Gasteiger partial charge in [-0.25, -0.2) is 4.98 Å². The number of rotatable bonds is 5. The van der Waals surface area contributed by atoms with Crippen molar-refractivity contribution in [1.82, 2.24) is 29.9 Å². The van der Waals surface area contributed by atoms with Gasteiger partial charge in [-0.2, -0.15) is 10.2 Å². The Kier molecular flexibility index (Phi) is 4.33. The van der Waals surface area contributed by atoms with Crippen LogP contribution in [0.1, 0.15) is 33.7 Å². The van der Waals surface area contributed by atoms with Crippen LogP contribution in [0.15, 0.2) is 18.5 Å². The highest BCUT2D eigenvalue weighted by Gasteiger charge is 2.17. The van der Waals surface area contributed by atoms with Gasteiger partial charge in [0.05, 0.1) is 22.8 Å². The highest BCUT2D eigenvalue weighted by molar-refractivity contribution is 6.06. The van der Waals surface area contributed by atoms with Crippen LogP contribution in [0.3, 0.4) is 0 Å². The van der Waals surface area contributed by atoms with Gasteiger partial charge in [-0.15, -0.1) is 0 Å². The van der Waals surface area contributed by atoms with Gasteiger partial charge in [-0.3, -0.25) is 14.2 Å². The van der Waals surface area contributed by atoms with Gasteiger partial charge in [-0.05, 0) is 38.8 Å². The number of hydrogen-bond donors (Lipinski definition) is 1. The third-order valence-corrected chi connectivity index (χ3v) is 3.95. The van der Waals surface area contributed by atoms with Crippen molar-refractivity contribution < 1.29 is 4.79 Å². The summed E-state index contributed by atoms with van der Waals surface area (Å²) in [6.07, 6.45) is 4.66. The molecular formula is C17H22N6O. The van der Waals surface area contributed by atoms with Crippen LogP contribution in [0, 0.1) is 20.8 Å². The van der Waals surface area contributed by atoms with Crippen molar-refractivity contribution in [2.24, 2.45) is 7.05 Å². The van der Waals surface area contributed by atoms with Crippen molar-refractivity contribution >= 4 is 16.9 Å². The van der Waals surface area contributed by atoms with Crippen LogP contribution in [0.2, 0.25) is 0 Å². The third-order valence-electron chi connectivity index (χ3n) is 3.95. The summed E-state index contributed by atoms with van der Waals surface area (Å²) in [5.41, 5.74) is 4.14. The topological polar surface area (TPSA) is 77.6 Å². The molecule has 0 aromatic carbocycles. The van der Waals surface area contributed by atoms with E-state index < -0.39 is 0 Å². The molecule has 1 N–H and O–H groups in total. The fourth-order valence-corrected chi connectivity index (χ4v) is 2.88. The van der Waals surface area contributed by atoms with Crippen molar-refractivity contribution in [3.8, 4) is 0 Å². The number of nitrogens with one attached hydrogen (secondary N) is 1. The minimum atomic E-state index is -0.0850. The number of amides is 1. The van der Waals surface area contributed by atoms with E-state index in [2.05, 4.69) is 20.5 Å². The third kappa shape index (κ3) is 3.15. The van der Waals surface area contributed by atoms with Crippen LogP contribution in [0.25, 0.3) is 11.0 Å². The fraction of sp³-hybridized carbons (Fsp3) is 0.412. The summed E-state index contributed by atoms with van der Waals surface area (Å²) < 4.78 is 3.61. The van der Waals surface area contributed by atoms with Gasteiger partial charge in [0.15, 0.2) is 5.65 Å². The molecule has 0 saturated carbocycles. The summed E-state index contributed by atoms with van der Waals surface area (Å²) in [6.45, 7) is 7.18. The maximum Gasteiger partial charge on any atom is 0.252 e. The molecule has 1 amide bonds. The smallest absolute Gasteiger partial charge is 0.252 e. The Morgan fingerprint density at radius 1 is 1.29 bits per heavy atom. The first-order valence-electron chi connectivity index (χ1n) is 8.04. The molecule has 0 aliphatic rings. The lowest BCUT2D eigenvalue weighted by Crippen LogP contribution is -2.25. The standard InChI is InChI=1S/C17H22N6O/c1-11-9-19-23(10-11)7-5-6-18-17(24)14-8-12(2)20-16-15(14)13(3)21-22(16)4/h8-10H,5-7H2,1-4H3,(H,18,24). The van der Waals surface area contributed by atoms with Gasteiger partial charge in [-0.1, -0.05) is 0 Å². The lowest BCUT2D eigenvalue weighted by molar-refractivity contribution is 0.0954. The number of carbonyl (C=O) groups excluding carboxylic acids is 1.